The average Bonchev–Trinajstić information content (AvgIpc) is 3.14. The van der Waals surface area contributed by atoms with E-state index in [0.717, 1.165) is 6.42 Å². The van der Waals surface area contributed by atoms with E-state index >= 15 is 0 Å². The van der Waals surface area contributed by atoms with Crippen LogP contribution in [0.5, 0.6) is 0 Å². The van der Waals surface area contributed by atoms with Gasteiger partial charge in [-0.15, -0.1) is 0 Å². The van der Waals surface area contributed by atoms with Crippen molar-refractivity contribution in [3.05, 3.63) is 0 Å². The van der Waals surface area contributed by atoms with Crippen molar-refractivity contribution >= 4 is 5.97 Å². The van der Waals surface area contributed by atoms with Crippen molar-refractivity contribution < 1.29 is 14.3 Å². The van der Waals surface area contributed by atoms with E-state index in [1.807, 2.05) is 6.92 Å². The first-order valence-electron chi connectivity index (χ1n) is 8.09. The number of carbonyl (C=O) groups is 1. The number of epoxide rings is 1. The molecule has 112 valence electrons. The molecule has 0 spiro atoms. The van der Waals surface area contributed by atoms with Crippen molar-refractivity contribution in [1.29, 1.82) is 0 Å². The summed E-state index contributed by atoms with van der Waals surface area (Å²) in [4.78, 5) is 11.2. The fourth-order valence-electron chi connectivity index (χ4n) is 2.48. The van der Waals surface area contributed by atoms with Crippen LogP contribution >= 0.6 is 0 Å². The average molecular weight is 270 g/mol. The van der Waals surface area contributed by atoms with Crippen LogP contribution in [-0.4, -0.2) is 24.8 Å². The lowest BCUT2D eigenvalue weighted by atomic mass is 10.1. The summed E-state index contributed by atoms with van der Waals surface area (Å²) in [6.07, 6.45) is 12.7. The molecule has 1 saturated heterocycles. The first-order valence-corrected chi connectivity index (χ1v) is 8.09. The Labute approximate surface area is 118 Å². The zero-order chi connectivity index (χ0) is 13.9. The third-order valence-electron chi connectivity index (χ3n) is 3.72. The molecule has 0 aromatic heterocycles. The lowest BCUT2D eigenvalue weighted by Gasteiger charge is -2.00. The molecule has 1 heterocycles. The van der Waals surface area contributed by atoms with Gasteiger partial charge in [-0.25, -0.2) is 0 Å². The maximum Gasteiger partial charge on any atom is 0.305 e. The van der Waals surface area contributed by atoms with E-state index in [1.165, 1.54) is 51.4 Å². The smallest absolute Gasteiger partial charge is 0.305 e. The molecule has 1 aliphatic heterocycles. The van der Waals surface area contributed by atoms with E-state index in [-0.39, 0.29) is 5.97 Å². The Hall–Kier alpha value is -0.570. The van der Waals surface area contributed by atoms with E-state index in [1.54, 1.807) is 0 Å². The second kappa shape index (κ2) is 10.2. The Kier molecular flexibility index (Phi) is 8.89. The van der Waals surface area contributed by atoms with Gasteiger partial charge in [0, 0.05) is 6.42 Å². The van der Waals surface area contributed by atoms with Crippen LogP contribution in [0, 0.1) is 0 Å². The molecule has 2 atom stereocenters. The molecule has 1 rings (SSSR count). The molecule has 1 aliphatic rings. The van der Waals surface area contributed by atoms with Gasteiger partial charge in [0.1, 0.15) is 0 Å². The van der Waals surface area contributed by atoms with Crippen LogP contribution in [0.1, 0.15) is 78.1 Å². The Morgan fingerprint density at radius 3 is 2.26 bits per heavy atom. The topological polar surface area (TPSA) is 38.8 Å². The predicted molar refractivity (Wildman–Crippen MR) is 77.1 cm³/mol. The van der Waals surface area contributed by atoms with Gasteiger partial charge in [-0.1, -0.05) is 51.9 Å². The quantitative estimate of drug-likeness (QED) is 0.302. The van der Waals surface area contributed by atoms with Crippen LogP contribution in [0.2, 0.25) is 0 Å². The Balaban J connectivity index is 1.84. The van der Waals surface area contributed by atoms with E-state index in [4.69, 9.17) is 9.47 Å². The number of carbonyl (C=O) groups excluding carboxylic acids is 1. The second-order valence-corrected chi connectivity index (χ2v) is 5.47. The Morgan fingerprint density at radius 2 is 1.58 bits per heavy atom. The summed E-state index contributed by atoms with van der Waals surface area (Å²) >= 11 is 0. The third-order valence-corrected chi connectivity index (χ3v) is 3.72. The highest BCUT2D eigenvalue weighted by Gasteiger charge is 2.37. The molecule has 0 aromatic rings. The van der Waals surface area contributed by atoms with Crippen LogP contribution in [0.25, 0.3) is 0 Å². The van der Waals surface area contributed by atoms with Gasteiger partial charge in [0.2, 0.25) is 0 Å². The van der Waals surface area contributed by atoms with E-state index in [2.05, 4.69) is 6.92 Å². The first-order chi connectivity index (χ1) is 9.27. The first kappa shape index (κ1) is 16.5. The normalized spacial score (nSPS) is 21.4. The van der Waals surface area contributed by atoms with Gasteiger partial charge in [0.15, 0.2) is 0 Å². The monoisotopic (exact) mass is 270 g/mol. The molecule has 2 unspecified atom stereocenters. The summed E-state index contributed by atoms with van der Waals surface area (Å²) in [5, 5.41) is 0. The lowest BCUT2D eigenvalue weighted by molar-refractivity contribution is -0.143. The molecule has 1 fully saturated rings. The molecule has 3 nitrogen and oxygen atoms in total. The molecule has 0 saturated carbocycles. The zero-order valence-corrected chi connectivity index (χ0v) is 12.7. The van der Waals surface area contributed by atoms with E-state index < -0.39 is 0 Å². The van der Waals surface area contributed by atoms with Gasteiger partial charge >= 0.3 is 5.97 Å². The molecule has 0 aromatic carbocycles. The van der Waals surface area contributed by atoms with Crippen LogP contribution < -0.4 is 0 Å². The number of ether oxygens (including phenoxy) is 2. The molecule has 3 heteroatoms. The maximum absolute atomic E-state index is 11.2. The maximum atomic E-state index is 11.2. The Bertz CT molecular complexity index is 240. The molecule has 0 N–H and O–H groups in total. The van der Waals surface area contributed by atoms with Crippen LogP contribution in [0.4, 0.5) is 0 Å². The summed E-state index contributed by atoms with van der Waals surface area (Å²) < 4.78 is 10.5. The van der Waals surface area contributed by atoms with Crippen molar-refractivity contribution in [3.63, 3.8) is 0 Å². The highest BCUT2D eigenvalue weighted by Crippen LogP contribution is 2.31. The van der Waals surface area contributed by atoms with Gasteiger partial charge in [0.05, 0.1) is 18.8 Å². The molecule has 19 heavy (non-hydrogen) atoms. The Morgan fingerprint density at radius 1 is 0.947 bits per heavy atom. The molecule has 0 aliphatic carbocycles. The van der Waals surface area contributed by atoms with Crippen LogP contribution in [0.15, 0.2) is 0 Å². The molecule has 0 bridgehead atoms. The number of esters is 1. The van der Waals surface area contributed by atoms with Gasteiger partial charge in [-0.3, -0.25) is 4.79 Å². The van der Waals surface area contributed by atoms with Crippen molar-refractivity contribution in [2.45, 2.75) is 90.3 Å². The van der Waals surface area contributed by atoms with E-state index in [9.17, 15) is 4.79 Å². The molecular weight excluding hydrogens is 240 g/mol. The molecule has 0 radical (unpaired) electrons. The van der Waals surface area contributed by atoms with Crippen molar-refractivity contribution in [2.75, 3.05) is 6.61 Å². The lowest BCUT2D eigenvalue weighted by Crippen LogP contribution is -2.06. The fraction of sp³-hybridized carbons (Fsp3) is 0.938. The molecular formula is C16H30O3. The summed E-state index contributed by atoms with van der Waals surface area (Å²) in [7, 11) is 0. The minimum absolute atomic E-state index is 0.0901. The predicted octanol–water partition coefficient (Wildman–Crippen LogP) is 4.24. The number of rotatable bonds is 12. The van der Waals surface area contributed by atoms with Crippen LogP contribution in [0.3, 0.4) is 0 Å². The summed E-state index contributed by atoms with van der Waals surface area (Å²) in [6.45, 7) is 4.57. The minimum atomic E-state index is -0.0901. The van der Waals surface area contributed by atoms with Crippen molar-refractivity contribution in [3.8, 4) is 0 Å². The highest BCUT2D eigenvalue weighted by molar-refractivity contribution is 5.69. The highest BCUT2D eigenvalue weighted by atomic mass is 16.6. The third kappa shape index (κ3) is 8.25. The SMILES string of the molecule is CCCCCCCCCC1OC1CCC(=O)OCC. The number of hydrogen-bond acceptors (Lipinski definition) is 3. The standard InChI is InChI=1S/C16H30O3/c1-3-5-6-7-8-9-10-11-14-15(19-14)12-13-16(17)18-4-2/h14-15H,3-13H2,1-2H3. The summed E-state index contributed by atoms with van der Waals surface area (Å²) in [6, 6.07) is 0. The minimum Gasteiger partial charge on any atom is -0.466 e. The van der Waals surface area contributed by atoms with Crippen molar-refractivity contribution in [1.82, 2.24) is 0 Å². The summed E-state index contributed by atoms with van der Waals surface area (Å²) in [5.74, 6) is -0.0901. The zero-order valence-electron chi connectivity index (χ0n) is 12.7. The largest absolute Gasteiger partial charge is 0.466 e. The number of unbranched alkanes of at least 4 members (excludes halogenated alkanes) is 6. The second-order valence-electron chi connectivity index (χ2n) is 5.47. The van der Waals surface area contributed by atoms with Gasteiger partial charge in [-0.2, -0.15) is 0 Å². The van der Waals surface area contributed by atoms with Crippen LogP contribution in [-0.2, 0) is 14.3 Å². The van der Waals surface area contributed by atoms with Gasteiger partial charge in [-0.05, 0) is 19.8 Å². The fourth-order valence-corrected chi connectivity index (χ4v) is 2.48. The molecule has 0 amide bonds. The van der Waals surface area contributed by atoms with E-state index in [0.29, 0.717) is 25.2 Å². The summed E-state index contributed by atoms with van der Waals surface area (Å²) in [5.41, 5.74) is 0. The number of hydrogen-bond donors (Lipinski definition) is 0. The van der Waals surface area contributed by atoms with Gasteiger partial charge < -0.3 is 9.47 Å². The van der Waals surface area contributed by atoms with Gasteiger partial charge in [0.25, 0.3) is 0 Å². The van der Waals surface area contributed by atoms with Crippen molar-refractivity contribution in [2.24, 2.45) is 0 Å².